The van der Waals surface area contributed by atoms with Crippen molar-refractivity contribution in [3.05, 3.63) is 23.2 Å². The third kappa shape index (κ3) is 5.30. The number of hydrogen-bond acceptors (Lipinski definition) is 4. The maximum atomic E-state index is 12.1. The fourth-order valence-electron chi connectivity index (χ4n) is 2.67. The summed E-state index contributed by atoms with van der Waals surface area (Å²) in [6.07, 6.45) is 0. The van der Waals surface area contributed by atoms with Crippen LogP contribution in [0.2, 0.25) is 5.02 Å². The van der Waals surface area contributed by atoms with Gasteiger partial charge in [0.15, 0.2) is 5.11 Å². The number of nitrogens with one attached hydrogen (secondary N) is 2. The van der Waals surface area contributed by atoms with Crippen molar-refractivity contribution in [1.82, 2.24) is 10.2 Å². The smallest absolute Gasteiger partial charge is 0.231 e. The molecule has 7 heteroatoms. The standard InChI is InChI=1S/C18H27ClN4OS/c1-5-22-9-11-23(12-10-22)15-13(19)7-6-8-14(15)20-17(25)21-16(24)18(2,3)4/h6-8H,5,9-12H2,1-4H3,(H2,20,21,24,25). The molecule has 138 valence electrons. The topological polar surface area (TPSA) is 47.6 Å². The number of para-hydroxylation sites is 1. The summed E-state index contributed by atoms with van der Waals surface area (Å²) in [6, 6.07) is 5.69. The van der Waals surface area contributed by atoms with E-state index in [-0.39, 0.29) is 11.0 Å². The molecule has 0 atom stereocenters. The van der Waals surface area contributed by atoms with E-state index in [1.165, 1.54) is 0 Å². The van der Waals surface area contributed by atoms with E-state index in [1.807, 2.05) is 39.0 Å². The number of carbonyl (C=O) groups excluding carboxylic acids is 1. The lowest BCUT2D eigenvalue weighted by Crippen LogP contribution is -2.46. The number of benzene rings is 1. The van der Waals surface area contributed by atoms with E-state index in [1.54, 1.807) is 0 Å². The number of carbonyl (C=O) groups is 1. The molecule has 2 rings (SSSR count). The number of likely N-dealkylation sites (N-methyl/N-ethyl adjacent to an activating group) is 1. The molecule has 0 spiro atoms. The van der Waals surface area contributed by atoms with Crippen LogP contribution in [0.15, 0.2) is 18.2 Å². The van der Waals surface area contributed by atoms with Gasteiger partial charge in [-0.15, -0.1) is 0 Å². The Bertz CT molecular complexity index is 636. The van der Waals surface area contributed by atoms with Crippen LogP contribution >= 0.6 is 23.8 Å². The summed E-state index contributed by atoms with van der Waals surface area (Å²) in [5, 5.41) is 6.85. The third-order valence-corrected chi connectivity index (χ3v) is 4.79. The second-order valence-electron chi connectivity index (χ2n) is 7.22. The molecule has 1 aliphatic rings. The van der Waals surface area contributed by atoms with Gasteiger partial charge in [-0.3, -0.25) is 4.79 Å². The Morgan fingerprint density at radius 3 is 2.44 bits per heavy atom. The molecule has 0 saturated carbocycles. The van der Waals surface area contributed by atoms with Gasteiger partial charge < -0.3 is 20.4 Å². The molecule has 1 heterocycles. The van der Waals surface area contributed by atoms with Crippen LogP contribution in [0.4, 0.5) is 11.4 Å². The number of halogens is 1. The van der Waals surface area contributed by atoms with Crippen LogP contribution < -0.4 is 15.5 Å². The first-order chi connectivity index (χ1) is 11.7. The second-order valence-corrected chi connectivity index (χ2v) is 8.03. The molecule has 0 unspecified atom stereocenters. The number of amides is 1. The van der Waals surface area contributed by atoms with Gasteiger partial charge in [0, 0.05) is 31.6 Å². The van der Waals surface area contributed by atoms with E-state index in [0.29, 0.717) is 5.02 Å². The number of piperazine rings is 1. The maximum Gasteiger partial charge on any atom is 0.231 e. The summed E-state index contributed by atoms with van der Waals surface area (Å²) >= 11 is 11.8. The molecule has 0 radical (unpaired) electrons. The predicted octanol–water partition coefficient (Wildman–Crippen LogP) is 3.34. The number of nitrogens with zero attached hydrogens (tertiary/aromatic N) is 2. The minimum absolute atomic E-state index is 0.120. The van der Waals surface area contributed by atoms with E-state index in [4.69, 9.17) is 23.8 Å². The van der Waals surface area contributed by atoms with Gasteiger partial charge >= 0.3 is 0 Å². The van der Waals surface area contributed by atoms with E-state index in [0.717, 1.165) is 44.1 Å². The van der Waals surface area contributed by atoms with Crippen LogP contribution in [0.25, 0.3) is 0 Å². The molecule has 1 aromatic carbocycles. The summed E-state index contributed by atoms with van der Waals surface area (Å²) in [7, 11) is 0. The van der Waals surface area contributed by atoms with Crippen LogP contribution in [0.5, 0.6) is 0 Å². The van der Waals surface area contributed by atoms with Crippen molar-refractivity contribution < 1.29 is 4.79 Å². The first-order valence-electron chi connectivity index (χ1n) is 8.60. The average molecular weight is 383 g/mol. The molecule has 1 aliphatic heterocycles. The van der Waals surface area contributed by atoms with Gasteiger partial charge in [-0.1, -0.05) is 45.4 Å². The summed E-state index contributed by atoms with van der Waals surface area (Å²) in [4.78, 5) is 16.8. The minimum atomic E-state index is -0.501. The molecular weight excluding hydrogens is 356 g/mol. The fraction of sp³-hybridized carbons (Fsp3) is 0.556. The Labute approximate surface area is 160 Å². The summed E-state index contributed by atoms with van der Waals surface area (Å²) in [6.45, 7) is 12.6. The van der Waals surface area contributed by atoms with Crippen LogP contribution in [-0.4, -0.2) is 48.6 Å². The van der Waals surface area contributed by atoms with Crippen molar-refractivity contribution in [1.29, 1.82) is 0 Å². The van der Waals surface area contributed by atoms with E-state index in [9.17, 15) is 4.79 Å². The zero-order chi connectivity index (χ0) is 18.6. The highest BCUT2D eigenvalue weighted by molar-refractivity contribution is 7.80. The highest BCUT2D eigenvalue weighted by atomic mass is 35.5. The Hall–Kier alpha value is -1.37. The van der Waals surface area contributed by atoms with Gasteiger partial charge in [-0.25, -0.2) is 0 Å². The lowest BCUT2D eigenvalue weighted by molar-refractivity contribution is -0.126. The molecule has 1 aromatic rings. The zero-order valence-electron chi connectivity index (χ0n) is 15.4. The number of anilines is 2. The number of hydrogen-bond donors (Lipinski definition) is 2. The third-order valence-electron chi connectivity index (χ3n) is 4.28. The van der Waals surface area contributed by atoms with Crippen molar-refractivity contribution in [3.8, 4) is 0 Å². The van der Waals surface area contributed by atoms with Crippen LogP contribution in [-0.2, 0) is 4.79 Å². The first kappa shape index (κ1) is 19.9. The SMILES string of the molecule is CCN1CCN(c2c(Cl)cccc2NC(=S)NC(=O)C(C)(C)C)CC1. The molecular formula is C18H27ClN4OS. The Morgan fingerprint density at radius 2 is 1.88 bits per heavy atom. The Balaban J connectivity index is 2.13. The molecule has 1 fully saturated rings. The lowest BCUT2D eigenvalue weighted by Gasteiger charge is -2.37. The summed E-state index contributed by atoms with van der Waals surface area (Å²) in [5.41, 5.74) is 1.25. The van der Waals surface area contributed by atoms with E-state index in [2.05, 4.69) is 27.4 Å². The van der Waals surface area contributed by atoms with Crippen molar-refractivity contribution in [2.24, 2.45) is 5.41 Å². The Morgan fingerprint density at radius 1 is 1.24 bits per heavy atom. The maximum absolute atomic E-state index is 12.1. The van der Waals surface area contributed by atoms with Crippen LogP contribution in [0, 0.1) is 5.41 Å². The Kier molecular flexibility index (Phi) is 6.65. The molecule has 0 aromatic heterocycles. The molecule has 0 bridgehead atoms. The number of thiocarbonyl (C=S) groups is 1. The quantitative estimate of drug-likeness (QED) is 0.785. The average Bonchev–Trinajstić information content (AvgIpc) is 2.54. The van der Waals surface area contributed by atoms with E-state index >= 15 is 0 Å². The van der Waals surface area contributed by atoms with Crippen molar-refractivity contribution in [3.63, 3.8) is 0 Å². The van der Waals surface area contributed by atoms with Crippen molar-refractivity contribution in [2.45, 2.75) is 27.7 Å². The molecule has 1 saturated heterocycles. The van der Waals surface area contributed by atoms with Gasteiger partial charge in [-0.2, -0.15) is 0 Å². The van der Waals surface area contributed by atoms with Crippen molar-refractivity contribution >= 4 is 46.2 Å². The highest BCUT2D eigenvalue weighted by Crippen LogP contribution is 2.34. The van der Waals surface area contributed by atoms with Gasteiger partial charge in [0.25, 0.3) is 0 Å². The van der Waals surface area contributed by atoms with Gasteiger partial charge in [0.05, 0.1) is 16.4 Å². The summed E-state index contributed by atoms with van der Waals surface area (Å²) < 4.78 is 0. The van der Waals surface area contributed by atoms with E-state index < -0.39 is 5.41 Å². The minimum Gasteiger partial charge on any atom is -0.366 e. The largest absolute Gasteiger partial charge is 0.366 e. The summed E-state index contributed by atoms with van der Waals surface area (Å²) in [5.74, 6) is -0.120. The highest BCUT2D eigenvalue weighted by Gasteiger charge is 2.24. The molecule has 25 heavy (non-hydrogen) atoms. The van der Waals surface area contributed by atoms with Crippen molar-refractivity contribution in [2.75, 3.05) is 42.9 Å². The molecule has 0 aliphatic carbocycles. The van der Waals surface area contributed by atoms with Crippen LogP contribution in [0.3, 0.4) is 0 Å². The zero-order valence-corrected chi connectivity index (χ0v) is 16.9. The molecule has 5 nitrogen and oxygen atoms in total. The molecule has 1 amide bonds. The van der Waals surface area contributed by atoms with Gasteiger partial charge in [-0.05, 0) is 30.9 Å². The fourth-order valence-corrected chi connectivity index (χ4v) is 3.17. The monoisotopic (exact) mass is 382 g/mol. The number of rotatable bonds is 3. The van der Waals surface area contributed by atoms with Gasteiger partial charge in [0.2, 0.25) is 5.91 Å². The second kappa shape index (κ2) is 8.34. The molecule has 2 N–H and O–H groups in total. The predicted molar refractivity (Wildman–Crippen MR) is 110 cm³/mol. The normalized spacial score (nSPS) is 15.8. The lowest BCUT2D eigenvalue weighted by atomic mass is 9.96. The first-order valence-corrected chi connectivity index (χ1v) is 9.39. The van der Waals surface area contributed by atoms with Crippen LogP contribution in [0.1, 0.15) is 27.7 Å². The van der Waals surface area contributed by atoms with Gasteiger partial charge in [0.1, 0.15) is 0 Å².